The molecule has 0 fully saturated rings. The molecule has 5 rings (SSSR count). The van der Waals surface area contributed by atoms with Crippen molar-refractivity contribution in [3.05, 3.63) is 138 Å². The van der Waals surface area contributed by atoms with Gasteiger partial charge in [-0.3, -0.25) is 4.99 Å². The van der Waals surface area contributed by atoms with Crippen LogP contribution in [0.3, 0.4) is 0 Å². The Morgan fingerprint density at radius 3 is 1.64 bits per heavy atom. The first kappa shape index (κ1) is 16.7. The highest BCUT2D eigenvalue weighted by Gasteiger charge is 2.45. The van der Waals surface area contributed by atoms with Crippen molar-refractivity contribution in [2.24, 2.45) is 4.99 Å². The average molecular weight is 359 g/mol. The van der Waals surface area contributed by atoms with Crippen molar-refractivity contribution in [3.63, 3.8) is 0 Å². The molecule has 0 amide bonds. The summed E-state index contributed by atoms with van der Waals surface area (Å²) in [5.41, 5.74) is 5.77. The normalized spacial score (nSPS) is 17.1. The van der Waals surface area contributed by atoms with Crippen molar-refractivity contribution in [1.29, 1.82) is 0 Å². The molecule has 28 heavy (non-hydrogen) atoms. The lowest BCUT2D eigenvalue weighted by Gasteiger charge is -2.42. The summed E-state index contributed by atoms with van der Waals surface area (Å²) in [5.74, 6) is 0.146. The fraction of sp³-hybridized carbons (Fsp3) is 0.0741. The summed E-state index contributed by atoms with van der Waals surface area (Å²) in [6.45, 7) is 0. The molecule has 0 aromatic heterocycles. The van der Waals surface area contributed by atoms with Crippen LogP contribution in [0, 0.1) is 0 Å². The van der Waals surface area contributed by atoms with E-state index in [2.05, 4.69) is 121 Å². The Kier molecular flexibility index (Phi) is 4.14. The quantitative estimate of drug-likeness (QED) is 0.395. The van der Waals surface area contributed by atoms with Crippen LogP contribution in [0.5, 0.6) is 0 Å². The van der Waals surface area contributed by atoms with Crippen molar-refractivity contribution in [1.82, 2.24) is 0 Å². The van der Waals surface area contributed by atoms with Gasteiger partial charge < -0.3 is 0 Å². The van der Waals surface area contributed by atoms with E-state index in [0.717, 1.165) is 5.69 Å². The van der Waals surface area contributed by atoms with E-state index in [9.17, 15) is 0 Å². The maximum Gasteiger partial charge on any atom is 0.0665 e. The predicted molar refractivity (Wildman–Crippen MR) is 117 cm³/mol. The second kappa shape index (κ2) is 6.94. The largest absolute Gasteiger partial charge is 0.260 e. The highest BCUT2D eigenvalue weighted by molar-refractivity contribution is 5.88. The summed E-state index contributed by atoms with van der Waals surface area (Å²) in [6.07, 6.45) is 2.16. The minimum Gasteiger partial charge on any atom is -0.260 e. The summed E-state index contributed by atoms with van der Waals surface area (Å²) in [5, 5.41) is 0. The second-order valence-corrected chi connectivity index (χ2v) is 7.26. The Labute approximate surface area is 166 Å². The van der Waals surface area contributed by atoms with Gasteiger partial charge in [0.1, 0.15) is 0 Å². The van der Waals surface area contributed by atoms with Gasteiger partial charge in [0.05, 0.1) is 11.1 Å². The highest BCUT2D eigenvalue weighted by Crippen LogP contribution is 2.51. The van der Waals surface area contributed by atoms with Gasteiger partial charge in [-0.2, -0.15) is 0 Å². The average Bonchev–Trinajstić information content (AvgIpc) is 2.80. The molecule has 0 radical (unpaired) electrons. The third-order valence-electron chi connectivity index (χ3n) is 5.75. The summed E-state index contributed by atoms with van der Waals surface area (Å²) in [6, 6.07) is 40.9. The molecule has 0 bridgehead atoms. The molecule has 0 N–H and O–H groups in total. The van der Waals surface area contributed by atoms with Gasteiger partial charge >= 0.3 is 0 Å². The van der Waals surface area contributed by atoms with Crippen molar-refractivity contribution in [2.45, 2.75) is 11.3 Å². The molecule has 0 saturated carbocycles. The van der Waals surface area contributed by atoms with Crippen LogP contribution < -0.4 is 0 Å². The van der Waals surface area contributed by atoms with Gasteiger partial charge in [0.2, 0.25) is 0 Å². The Hall–Kier alpha value is -3.45. The zero-order valence-electron chi connectivity index (χ0n) is 15.6. The van der Waals surface area contributed by atoms with Crippen LogP contribution in [-0.2, 0) is 5.41 Å². The number of nitrogens with zero attached hydrogens (tertiary/aromatic N) is 1. The van der Waals surface area contributed by atoms with E-state index in [1.165, 1.54) is 22.3 Å². The van der Waals surface area contributed by atoms with Gasteiger partial charge in [-0.05, 0) is 28.3 Å². The summed E-state index contributed by atoms with van der Waals surface area (Å²) < 4.78 is 0. The molecule has 1 aliphatic heterocycles. The molecule has 0 spiro atoms. The fourth-order valence-electron chi connectivity index (χ4n) is 4.51. The summed E-state index contributed by atoms with van der Waals surface area (Å²) in [4.78, 5) is 4.95. The number of para-hydroxylation sites is 1. The van der Waals surface area contributed by atoms with E-state index >= 15 is 0 Å². The van der Waals surface area contributed by atoms with E-state index in [1.807, 2.05) is 0 Å². The number of aliphatic imine (C=N–C) groups is 1. The fourth-order valence-corrected chi connectivity index (χ4v) is 4.51. The summed E-state index contributed by atoms with van der Waals surface area (Å²) >= 11 is 0. The van der Waals surface area contributed by atoms with Crippen molar-refractivity contribution in [2.75, 3.05) is 0 Å². The van der Waals surface area contributed by atoms with Crippen LogP contribution in [-0.4, -0.2) is 6.21 Å². The second-order valence-electron chi connectivity index (χ2n) is 7.26. The lowest BCUT2D eigenvalue weighted by molar-refractivity contribution is 0.596. The molecule has 1 nitrogen and oxygen atoms in total. The summed E-state index contributed by atoms with van der Waals surface area (Å²) in [7, 11) is 0. The number of hydrogen-bond acceptors (Lipinski definition) is 1. The predicted octanol–water partition coefficient (Wildman–Crippen LogP) is 6.52. The molecule has 0 saturated heterocycles. The van der Waals surface area contributed by atoms with Crippen LogP contribution >= 0.6 is 0 Å². The van der Waals surface area contributed by atoms with E-state index < -0.39 is 0 Å². The molecular formula is C27H21N. The highest BCUT2D eigenvalue weighted by atomic mass is 14.8. The van der Waals surface area contributed by atoms with Crippen LogP contribution in [0.25, 0.3) is 0 Å². The molecular weight excluding hydrogens is 338 g/mol. The van der Waals surface area contributed by atoms with Crippen LogP contribution in [0.4, 0.5) is 5.69 Å². The SMILES string of the molecule is C1=Nc2ccccc2C(c2ccccc2)C1(c1ccccc1)c1ccccc1. The molecule has 4 aromatic carbocycles. The van der Waals surface area contributed by atoms with Crippen LogP contribution in [0.15, 0.2) is 120 Å². The lowest BCUT2D eigenvalue weighted by Crippen LogP contribution is -2.39. The smallest absolute Gasteiger partial charge is 0.0665 e. The molecule has 4 aromatic rings. The number of fused-ring (bicyclic) bond motifs is 1. The van der Waals surface area contributed by atoms with E-state index in [0.29, 0.717) is 0 Å². The molecule has 0 aliphatic carbocycles. The Morgan fingerprint density at radius 1 is 0.536 bits per heavy atom. The zero-order chi connectivity index (χ0) is 18.8. The number of hydrogen-bond donors (Lipinski definition) is 0. The molecule has 134 valence electrons. The van der Waals surface area contributed by atoms with E-state index in [1.54, 1.807) is 0 Å². The van der Waals surface area contributed by atoms with E-state index in [4.69, 9.17) is 4.99 Å². The Balaban J connectivity index is 1.87. The minimum atomic E-state index is -0.363. The monoisotopic (exact) mass is 359 g/mol. The third kappa shape index (κ3) is 2.59. The van der Waals surface area contributed by atoms with Gasteiger partial charge in [-0.25, -0.2) is 0 Å². The first-order valence-corrected chi connectivity index (χ1v) is 9.70. The molecule has 1 heteroatoms. The van der Waals surface area contributed by atoms with Gasteiger partial charge in [0, 0.05) is 12.1 Å². The van der Waals surface area contributed by atoms with Gasteiger partial charge in [0.25, 0.3) is 0 Å². The Morgan fingerprint density at radius 2 is 1.04 bits per heavy atom. The van der Waals surface area contributed by atoms with Crippen LogP contribution in [0.2, 0.25) is 0 Å². The minimum absolute atomic E-state index is 0.146. The Bertz CT molecular complexity index is 1060. The molecule has 1 aliphatic rings. The number of rotatable bonds is 3. The molecule has 1 unspecified atom stereocenters. The first-order valence-electron chi connectivity index (χ1n) is 9.70. The topological polar surface area (TPSA) is 12.4 Å². The number of benzene rings is 4. The third-order valence-corrected chi connectivity index (χ3v) is 5.75. The van der Waals surface area contributed by atoms with Gasteiger partial charge in [-0.15, -0.1) is 0 Å². The van der Waals surface area contributed by atoms with Crippen molar-refractivity contribution < 1.29 is 0 Å². The van der Waals surface area contributed by atoms with Gasteiger partial charge in [-0.1, -0.05) is 109 Å². The van der Waals surface area contributed by atoms with Crippen molar-refractivity contribution >= 4 is 11.9 Å². The van der Waals surface area contributed by atoms with Gasteiger partial charge in [0.15, 0.2) is 0 Å². The first-order chi connectivity index (χ1) is 13.9. The molecule has 1 heterocycles. The van der Waals surface area contributed by atoms with Crippen LogP contribution in [0.1, 0.15) is 28.2 Å². The zero-order valence-corrected chi connectivity index (χ0v) is 15.6. The van der Waals surface area contributed by atoms with E-state index in [-0.39, 0.29) is 11.3 Å². The maximum atomic E-state index is 4.95. The van der Waals surface area contributed by atoms with Crippen molar-refractivity contribution in [3.8, 4) is 0 Å². The standard InChI is InChI=1S/C27H21N/c1-4-12-21(13-5-1)26-24-18-10-11-19-25(24)28-20-27(26,22-14-6-2-7-15-22)23-16-8-3-9-17-23/h1-20,26H. The maximum absolute atomic E-state index is 4.95. The lowest BCUT2D eigenvalue weighted by atomic mass is 9.61. The molecule has 1 atom stereocenters.